The molecule has 0 radical (unpaired) electrons. The maximum atomic E-state index is 5.82. The molecular formula is C15H21NO3. The van der Waals surface area contributed by atoms with Crippen molar-refractivity contribution in [2.24, 2.45) is 0 Å². The van der Waals surface area contributed by atoms with Crippen molar-refractivity contribution in [3.05, 3.63) is 17.7 Å². The molecule has 1 fully saturated rings. The Bertz CT molecular complexity index is 455. The molecule has 1 aromatic carbocycles. The Morgan fingerprint density at radius 2 is 2.32 bits per heavy atom. The molecule has 4 nitrogen and oxygen atoms in total. The fourth-order valence-corrected chi connectivity index (χ4v) is 2.70. The third kappa shape index (κ3) is 2.63. The van der Waals surface area contributed by atoms with Gasteiger partial charge >= 0.3 is 0 Å². The molecular weight excluding hydrogens is 242 g/mol. The zero-order chi connectivity index (χ0) is 13.2. The highest BCUT2D eigenvalue weighted by Gasteiger charge is 2.23. The van der Waals surface area contributed by atoms with Gasteiger partial charge in [-0.05, 0) is 26.3 Å². The van der Waals surface area contributed by atoms with Crippen LogP contribution in [0.1, 0.15) is 25.8 Å². The van der Waals surface area contributed by atoms with E-state index in [9.17, 15) is 0 Å². The van der Waals surface area contributed by atoms with Crippen LogP contribution >= 0.6 is 0 Å². The van der Waals surface area contributed by atoms with Gasteiger partial charge in [0.05, 0.1) is 24.9 Å². The number of ether oxygens (including phenoxy) is 3. The van der Waals surface area contributed by atoms with Gasteiger partial charge in [-0.2, -0.15) is 0 Å². The predicted molar refractivity (Wildman–Crippen MR) is 74.3 cm³/mol. The van der Waals surface area contributed by atoms with Crippen LogP contribution in [0.2, 0.25) is 0 Å². The molecule has 0 spiro atoms. The van der Waals surface area contributed by atoms with Crippen LogP contribution in [0.15, 0.2) is 12.1 Å². The van der Waals surface area contributed by atoms with E-state index < -0.39 is 0 Å². The molecule has 19 heavy (non-hydrogen) atoms. The highest BCUT2D eigenvalue weighted by molar-refractivity contribution is 5.63. The highest BCUT2D eigenvalue weighted by Crippen LogP contribution is 2.38. The summed E-state index contributed by atoms with van der Waals surface area (Å²) >= 11 is 0. The predicted octanol–water partition coefficient (Wildman–Crippen LogP) is 2.61. The molecule has 0 aromatic heterocycles. The van der Waals surface area contributed by atoms with Crippen molar-refractivity contribution < 1.29 is 14.2 Å². The van der Waals surface area contributed by atoms with E-state index in [2.05, 4.69) is 24.4 Å². The third-order valence-electron chi connectivity index (χ3n) is 3.59. The molecule has 0 aliphatic carbocycles. The number of anilines is 1. The highest BCUT2D eigenvalue weighted by atomic mass is 16.5. The Kier molecular flexibility index (Phi) is 3.51. The van der Waals surface area contributed by atoms with E-state index in [1.54, 1.807) is 0 Å². The molecule has 0 saturated carbocycles. The van der Waals surface area contributed by atoms with E-state index >= 15 is 0 Å². The largest absolute Gasteiger partial charge is 0.492 e. The lowest BCUT2D eigenvalue weighted by Gasteiger charge is -2.17. The van der Waals surface area contributed by atoms with Crippen molar-refractivity contribution in [2.45, 2.75) is 38.8 Å². The molecule has 0 amide bonds. The second-order valence-electron chi connectivity index (χ2n) is 5.23. The number of hydrogen-bond acceptors (Lipinski definition) is 4. The van der Waals surface area contributed by atoms with E-state index in [0.717, 1.165) is 43.2 Å². The summed E-state index contributed by atoms with van der Waals surface area (Å²) in [7, 11) is 0. The molecule has 0 unspecified atom stereocenters. The zero-order valence-corrected chi connectivity index (χ0v) is 11.6. The summed E-state index contributed by atoms with van der Waals surface area (Å²) in [5, 5.41) is 3.51. The van der Waals surface area contributed by atoms with E-state index in [1.807, 2.05) is 6.92 Å². The maximum Gasteiger partial charge on any atom is 0.142 e. The number of hydrogen-bond donors (Lipinski definition) is 1. The van der Waals surface area contributed by atoms with Crippen LogP contribution in [0.25, 0.3) is 0 Å². The lowest BCUT2D eigenvalue weighted by molar-refractivity contribution is 0.195. The van der Waals surface area contributed by atoms with Crippen molar-refractivity contribution in [2.75, 3.05) is 25.1 Å². The Morgan fingerprint density at radius 3 is 3.05 bits per heavy atom. The van der Waals surface area contributed by atoms with Crippen molar-refractivity contribution in [1.29, 1.82) is 0 Å². The van der Waals surface area contributed by atoms with Gasteiger partial charge in [-0.25, -0.2) is 0 Å². The minimum Gasteiger partial charge on any atom is -0.492 e. The molecule has 0 bridgehead atoms. The first kappa shape index (κ1) is 12.6. The summed E-state index contributed by atoms with van der Waals surface area (Å²) in [6.45, 7) is 6.37. The van der Waals surface area contributed by atoms with Gasteiger partial charge < -0.3 is 19.5 Å². The van der Waals surface area contributed by atoms with E-state index in [4.69, 9.17) is 14.2 Å². The molecule has 1 aromatic rings. The first-order valence-corrected chi connectivity index (χ1v) is 7.07. The van der Waals surface area contributed by atoms with Gasteiger partial charge in [0.15, 0.2) is 0 Å². The third-order valence-corrected chi connectivity index (χ3v) is 3.59. The fourth-order valence-electron chi connectivity index (χ4n) is 2.70. The van der Waals surface area contributed by atoms with Gasteiger partial charge in [-0.3, -0.25) is 0 Å². The number of fused-ring (bicyclic) bond motifs is 1. The smallest absolute Gasteiger partial charge is 0.142 e. The van der Waals surface area contributed by atoms with Crippen LogP contribution in [-0.2, 0) is 11.2 Å². The number of nitrogens with one attached hydrogen (secondary N) is 1. The van der Waals surface area contributed by atoms with Crippen molar-refractivity contribution in [3.63, 3.8) is 0 Å². The zero-order valence-electron chi connectivity index (χ0n) is 11.6. The molecule has 1 N–H and O–H groups in total. The monoisotopic (exact) mass is 263 g/mol. The first-order valence-electron chi connectivity index (χ1n) is 7.07. The Labute approximate surface area is 114 Å². The van der Waals surface area contributed by atoms with Crippen LogP contribution in [0.5, 0.6) is 11.5 Å². The van der Waals surface area contributed by atoms with E-state index in [0.29, 0.717) is 12.6 Å². The SMILES string of the molecule is CCOc1cc2c(cc1N[C@@H]1CCOC1)O[C@@H](C)C2. The van der Waals surface area contributed by atoms with Crippen LogP contribution in [0.3, 0.4) is 0 Å². The average Bonchev–Trinajstić information content (AvgIpc) is 2.98. The molecule has 104 valence electrons. The topological polar surface area (TPSA) is 39.7 Å². The Balaban J connectivity index is 1.85. The average molecular weight is 263 g/mol. The summed E-state index contributed by atoms with van der Waals surface area (Å²) < 4.78 is 17.0. The van der Waals surface area contributed by atoms with Crippen molar-refractivity contribution in [1.82, 2.24) is 0 Å². The van der Waals surface area contributed by atoms with E-state index in [-0.39, 0.29) is 6.10 Å². The number of benzene rings is 1. The van der Waals surface area contributed by atoms with Gasteiger partial charge in [-0.1, -0.05) is 0 Å². The van der Waals surface area contributed by atoms with Gasteiger partial charge in [0.2, 0.25) is 0 Å². The minimum absolute atomic E-state index is 0.259. The first-order chi connectivity index (χ1) is 9.26. The standard InChI is InChI=1S/C15H21NO3/c1-3-18-15-7-11-6-10(2)19-14(11)8-13(15)16-12-4-5-17-9-12/h7-8,10,12,16H,3-6,9H2,1-2H3/t10-,12+/m0/s1. The minimum atomic E-state index is 0.259. The fraction of sp³-hybridized carbons (Fsp3) is 0.600. The van der Waals surface area contributed by atoms with Crippen LogP contribution in [0.4, 0.5) is 5.69 Å². The molecule has 3 rings (SSSR count). The lowest BCUT2D eigenvalue weighted by Crippen LogP contribution is -2.19. The summed E-state index contributed by atoms with van der Waals surface area (Å²) in [6.07, 6.45) is 2.26. The summed E-state index contributed by atoms with van der Waals surface area (Å²) in [4.78, 5) is 0. The maximum absolute atomic E-state index is 5.82. The molecule has 2 aliphatic rings. The normalized spacial score (nSPS) is 24.9. The van der Waals surface area contributed by atoms with E-state index in [1.165, 1.54) is 5.56 Å². The summed E-state index contributed by atoms with van der Waals surface area (Å²) in [5.74, 6) is 1.91. The molecule has 2 heterocycles. The lowest BCUT2D eigenvalue weighted by atomic mass is 10.1. The Morgan fingerprint density at radius 1 is 1.42 bits per heavy atom. The van der Waals surface area contributed by atoms with Crippen LogP contribution in [0, 0.1) is 0 Å². The van der Waals surface area contributed by atoms with Crippen molar-refractivity contribution in [3.8, 4) is 11.5 Å². The summed E-state index contributed by atoms with van der Waals surface area (Å²) in [6, 6.07) is 4.55. The van der Waals surface area contributed by atoms with Gasteiger partial charge in [0, 0.05) is 24.7 Å². The van der Waals surface area contributed by atoms with Crippen molar-refractivity contribution >= 4 is 5.69 Å². The quantitative estimate of drug-likeness (QED) is 0.906. The van der Waals surface area contributed by atoms with Gasteiger partial charge in [0.25, 0.3) is 0 Å². The second-order valence-corrected chi connectivity index (χ2v) is 5.23. The summed E-state index contributed by atoms with van der Waals surface area (Å²) in [5.41, 5.74) is 2.26. The van der Waals surface area contributed by atoms with Gasteiger partial charge in [-0.15, -0.1) is 0 Å². The van der Waals surface area contributed by atoms with Crippen LogP contribution in [-0.4, -0.2) is 32.0 Å². The molecule has 4 heteroatoms. The Hall–Kier alpha value is -1.42. The number of rotatable bonds is 4. The van der Waals surface area contributed by atoms with Gasteiger partial charge in [0.1, 0.15) is 17.6 Å². The second kappa shape index (κ2) is 5.29. The molecule has 2 aliphatic heterocycles. The van der Waals surface area contributed by atoms with Crippen LogP contribution < -0.4 is 14.8 Å². The molecule has 2 atom stereocenters. The molecule has 1 saturated heterocycles.